The number of fused-ring (bicyclic) bond motifs is 1. The molecule has 110 valence electrons. The molecule has 0 aliphatic carbocycles. The van der Waals surface area contributed by atoms with Crippen molar-refractivity contribution >= 4 is 34.4 Å². The molecule has 0 saturated heterocycles. The van der Waals surface area contributed by atoms with Gasteiger partial charge in [-0.2, -0.15) is 0 Å². The highest BCUT2D eigenvalue weighted by atomic mass is 32.1. The van der Waals surface area contributed by atoms with Crippen molar-refractivity contribution in [1.82, 2.24) is 4.90 Å². The number of nitrogens with zero attached hydrogens (tertiary/aromatic N) is 1. The van der Waals surface area contributed by atoms with Gasteiger partial charge in [-0.3, -0.25) is 0 Å². The minimum atomic E-state index is -0.237. The lowest BCUT2D eigenvalue weighted by atomic mass is 9.98. The molecule has 0 saturated carbocycles. The van der Waals surface area contributed by atoms with E-state index in [0.717, 1.165) is 25.1 Å². The fourth-order valence-electron chi connectivity index (χ4n) is 2.81. The van der Waals surface area contributed by atoms with E-state index < -0.39 is 0 Å². The normalized spacial score (nSPS) is 17.4. The quantitative estimate of drug-likeness (QED) is 0.815. The van der Waals surface area contributed by atoms with Crippen LogP contribution < -0.4 is 5.32 Å². The van der Waals surface area contributed by atoms with E-state index in [2.05, 4.69) is 28.6 Å². The lowest BCUT2D eigenvalue weighted by molar-refractivity contribution is 0.298. The first-order chi connectivity index (χ1) is 10.2. The lowest BCUT2D eigenvalue weighted by Gasteiger charge is -2.37. The smallest absolute Gasteiger partial charge is 0.173 e. The van der Waals surface area contributed by atoms with Crippen LogP contribution in [0.4, 0.5) is 10.1 Å². The van der Waals surface area contributed by atoms with Gasteiger partial charge in [0.05, 0.1) is 6.04 Å². The Labute approximate surface area is 133 Å². The fraction of sp³-hybridized carbons (Fsp3) is 0.312. The van der Waals surface area contributed by atoms with E-state index in [9.17, 15) is 4.39 Å². The molecule has 1 atom stereocenters. The van der Waals surface area contributed by atoms with E-state index in [1.807, 2.05) is 11.3 Å². The van der Waals surface area contributed by atoms with Gasteiger partial charge in [0, 0.05) is 17.1 Å². The summed E-state index contributed by atoms with van der Waals surface area (Å²) in [6.07, 6.45) is 2.06. The van der Waals surface area contributed by atoms with Gasteiger partial charge in [0.1, 0.15) is 5.82 Å². The summed E-state index contributed by atoms with van der Waals surface area (Å²) in [6.45, 7) is 3.12. The zero-order valence-corrected chi connectivity index (χ0v) is 13.4. The molecule has 1 aromatic heterocycles. The predicted octanol–water partition coefficient (Wildman–Crippen LogP) is 4.59. The summed E-state index contributed by atoms with van der Waals surface area (Å²) in [5.74, 6) is -0.237. The Morgan fingerprint density at radius 3 is 2.86 bits per heavy atom. The van der Waals surface area contributed by atoms with Crippen LogP contribution in [0.25, 0.3) is 0 Å². The number of halogens is 1. The van der Waals surface area contributed by atoms with Gasteiger partial charge in [-0.15, -0.1) is 11.3 Å². The number of hydrogen-bond donors (Lipinski definition) is 1. The summed E-state index contributed by atoms with van der Waals surface area (Å²) in [5, 5.41) is 6.09. The Bertz CT molecular complexity index is 636. The van der Waals surface area contributed by atoms with E-state index in [1.54, 1.807) is 12.1 Å². The van der Waals surface area contributed by atoms with Gasteiger partial charge < -0.3 is 10.2 Å². The van der Waals surface area contributed by atoms with Gasteiger partial charge in [0.25, 0.3) is 0 Å². The van der Waals surface area contributed by atoms with Crippen LogP contribution in [0.1, 0.15) is 29.8 Å². The Morgan fingerprint density at radius 1 is 1.38 bits per heavy atom. The summed E-state index contributed by atoms with van der Waals surface area (Å²) in [5.41, 5.74) is 2.23. The predicted molar refractivity (Wildman–Crippen MR) is 90.4 cm³/mol. The average Bonchev–Trinajstić information content (AvgIpc) is 2.97. The third kappa shape index (κ3) is 2.94. The molecule has 21 heavy (non-hydrogen) atoms. The second-order valence-corrected chi connectivity index (χ2v) is 6.49. The highest BCUT2D eigenvalue weighted by Crippen LogP contribution is 2.35. The Morgan fingerprint density at radius 2 is 2.14 bits per heavy atom. The zero-order valence-electron chi connectivity index (χ0n) is 11.8. The average molecular weight is 320 g/mol. The molecule has 0 radical (unpaired) electrons. The molecule has 3 rings (SSSR count). The Hall–Kier alpha value is -1.46. The molecule has 0 amide bonds. The van der Waals surface area contributed by atoms with Crippen molar-refractivity contribution in [3.05, 3.63) is 52.0 Å². The maximum atomic E-state index is 13.0. The van der Waals surface area contributed by atoms with Gasteiger partial charge in [-0.1, -0.05) is 6.92 Å². The zero-order chi connectivity index (χ0) is 14.8. The number of thiocarbonyl (C=S) groups is 1. The number of thiophene rings is 1. The van der Waals surface area contributed by atoms with Gasteiger partial charge in [0.2, 0.25) is 0 Å². The lowest BCUT2D eigenvalue weighted by Crippen LogP contribution is -2.41. The van der Waals surface area contributed by atoms with Gasteiger partial charge in [-0.05, 0) is 66.3 Å². The van der Waals surface area contributed by atoms with E-state index in [4.69, 9.17) is 12.2 Å². The number of nitrogens with one attached hydrogen (secondary N) is 1. The summed E-state index contributed by atoms with van der Waals surface area (Å²) in [6, 6.07) is 8.84. The second kappa shape index (κ2) is 6.12. The molecule has 1 aliphatic rings. The van der Waals surface area contributed by atoms with Gasteiger partial charge in [0.15, 0.2) is 5.11 Å². The first-order valence-electron chi connectivity index (χ1n) is 7.08. The first-order valence-corrected chi connectivity index (χ1v) is 8.37. The molecule has 0 bridgehead atoms. The third-order valence-corrected chi connectivity index (χ3v) is 5.17. The molecule has 1 N–H and O–H groups in total. The molecule has 0 unspecified atom stereocenters. The molecule has 0 fully saturated rings. The second-order valence-electron chi connectivity index (χ2n) is 5.10. The van der Waals surface area contributed by atoms with Crippen molar-refractivity contribution in [2.75, 3.05) is 11.9 Å². The van der Waals surface area contributed by atoms with Crippen molar-refractivity contribution in [3.63, 3.8) is 0 Å². The number of rotatable bonds is 2. The van der Waals surface area contributed by atoms with Crippen LogP contribution in [-0.4, -0.2) is 16.6 Å². The van der Waals surface area contributed by atoms with Gasteiger partial charge in [-0.25, -0.2) is 4.39 Å². The Balaban J connectivity index is 1.77. The number of anilines is 1. The summed E-state index contributed by atoms with van der Waals surface area (Å²) in [7, 11) is 0. The SMILES string of the molecule is CC[C@@H]1c2ccsc2CCN1C(=S)Nc1ccc(F)cc1. The molecule has 2 aromatic rings. The van der Waals surface area contributed by atoms with Crippen LogP contribution in [-0.2, 0) is 6.42 Å². The van der Waals surface area contributed by atoms with Crippen LogP contribution in [0.2, 0.25) is 0 Å². The van der Waals surface area contributed by atoms with Crippen molar-refractivity contribution in [1.29, 1.82) is 0 Å². The summed E-state index contributed by atoms with van der Waals surface area (Å²) in [4.78, 5) is 3.72. The standard InChI is InChI=1S/C16H17FN2S2/c1-2-14-13-8-10-21-15(13)7-9-19(14)16(20)18-12-5-3-11(17)4-6-12/h3-6,8,10,14H,2,7,9H2,1H3,(H,18,20)/t14-/m1/s1. The molecule has 5 heteroatoms. The van der Waals surface area contributed by atoms with E-state index in [1.165, 1.54) is 22.6 Å². The molecule has 1 aromatic carbocycles. The van der Waals surface area contributed by atoms with Crippen molar-refractivity contribution < 1.29 is 4.39 Å². The van der Waals surface area contributed by atoms with Crippen LogP contribution >= 0.6 is 23.6 Å². The monoisotopic (exact) mass is 320 g/mol. The first kappa shape index (κ1) is 14.5. The molecule has 2 nitrogen and oxygen atoms in total. The highest BCUT2D eigenvalue weighted by Gasteiger charge is 2.28. The largest absolute Gasteiger partial charge is 0.342 e. The topological polar surface area (TPSA) is 15.3 Å². The maximum absolute atomic E-state index is 13.0. The molecule has 1 aliphatic heterocycles. The van der Waals surface area contributed by atoms with Crippen LogP contribution in [0, 0.1) is 5.82 Å². The van der Waals surface area contributed by atoms with E-state index in [0.29, 0.717) is 11.2 Å². The minimum absolute atomic E-state index is 0.237. The highest BCUT2D eigenvalue weighted by molar-refractivity contribution is 7.80. The molecule has 2 heterocycles. The van der Waals surface area contributed by atoms with Crippen LogP contribution in [0.5, 0.6) is 0 Å². The third-order valence-electron chi connectivity index (χ3n) is 3.84. The van der Waals surface area contributed by atoms with Gasteiger partial charge >= 0.3 is 0 Å². The molecular formula is C16H17FN2S2. The van der Waals surface area contributed by atoms with Crippen molar-refractivity contribution in [2.45, 2.75) is 25.8 Å². The number of benzene rings is 1. The van der Waals surface area contributed by atoms with E-state index >= 15 is 0 Å². The van der Waals surface area contributed by atoms with Crippen molar-refractivity contribution in [3.8, 4) is 0 Å². The number of hydrogen-bond acceptors (Lipinski definition) is 2. The maximum Gasteiger partial charge on any atom is 0.173 e. The minimum Gasteiger partial charge on any atom is -0.342 e. The van der Waals surface area contributed by atoms with Crippen LogP contribution in [0.15, 0.2) is 35.7 Å². The van der Waals surface area contributed by atoms with Crippen LogP contribution in [0.3, 0.4) is 0 Å². The summed E-state index contributed by atoms with van der Waals surface area (Å²) >= 11 is 7.39. The molecular weight excluding hydrogens is 303 g/mol. The Kier molecular flexibility index (Phi) is 4.22. The fourth-order valence-corrected chi connectivity index (χ4v) is 4.07. The van der Waals surface area contributed by atoms with Crippen molar-refractivity contribution in [2.24, 2.45) is 0 Å². The summed E-state index contributed by atoms with van der Waals surface area (Å²) < 4.78 is 13.0. The molecule has 0 spiro atoms. The van der Waals surface area contributed by atoms with E-state index in [-0.39, 0.29) is 5.82 Å².